The number of thiazole rings is 1. The Balaban J connectivity index is 1.44. The lowest BCUT2D eigenvalue weighted by Crippen LogP contribution is -2.47. The van der Waals surface area contributed by atoms with Crippen LogP contribution in [0.3, 0.4) is 0 Å². The van der Waals surface area contributed by atoms with E-state index < -0.39 is 0 Å². The lowest BCUT2D eigenvalue weighted by atomic mass is 10.3. The molecule has 1 aliphatic heterocycles. The van der Waals surface area contributed by atoms with Crippen molar-refractivity contribution in [2.75, 3.05) is 51.3 Å². The first-order valence-corrected chi connectivity index (χ1v) is 8.32. The molecule has 3 rings (SSSR count). The highest BCUT2D eigenvalue weighted by Crippen LogP contribution is 2.29. The van der Waals surface area contributed by atoms with Crippen LogP contribution in [0.2, 0.25) is 0 Å². The molecule has 0 atom stereocenters. The molecule has 1 N–H and O–H groups in total. The topological polar surface area (TPSA) is 40.6 Å². The number of anilines is 1. The van der Waals surface area contributed by atoms with Crippen molar-refractivity contribution in [1.82, 2.24) is 15.2 Å². The molecule has 2 aliphatic rings. The highest BCUT2D eigenvalue weighted by atomic mass is 32.1. The van der Waals surface area contributed by atoms with Crippen LogP contribution in [0.5, 0.6) is 0 Å². The van der Waals surface area contributed by atoms with Crippen LogP contribution in [0.1, 0.15) is 17.7 Å². The maximum Gasteiger partial charge on any atom is 0.185 e. The molecule has 112 valence electrons. The summed E-state index contributed by atoms with van der Waals surface area (Å²) in [6.07, 6.45) is 4.83. The first-order chi connectivity index (χ1) is 9.86. The molecule has 0 unspecified atom stereocenters. The van der Waals surface area contributed by atoms with E-state index >= 15 is 0 Å². The van der Waals surface area contributed by atoms with E-state index in [1.165, 1.54) is 35.9 Å². The summed E-state index contributed by atoms with van der Waals surface area (Å²) in [7, 11) is 1.73. The summed E-state index contributed by atoms with van der Waals surface area (Å²) in [4.78, 5) is 11.0. The van der Waals surface area contributed by atoms with E-state index in [1.54, 1.807) is 7.11 Å². The van der Waals surface area contributed by atoms with Crippen molar-refractivity contribution in [2.45, 2.75) is 25.4 Å². The Bertz CT molecular complexity index is 413. The molecule has 1 saturated heterocycles. The lowest BCUT2D eigenvalue weighted by molar-refractivity contribution is 0.199. The van der Waals surface area contributed by atoms with Gasteiger partial charge in [0.15, 0.2) is 5.13 Å². The van der Waals surface area contributed by atoms with Crippen LogP contribution >= 0.6 is 11.3 Å². The number of hydrogen-bond donors (Lipinski definition) is 1. The maximum absolute atomic E-state index is 5.03. The summed E-state index contributed by atoms with van der Waals surface area (Å²) in [5, 5.41) is 4.55. The Labute approximate surface area is 124 Å². The van der Waals surface area contributed by atoms with E-state index in [-0.39, 0.29) is 0 Å². The number of aromatic nitrogens is 1. The molecule has 0 aromatic carbocycles. The van der Waals surface area contributed by atoms with E-state index in [2.05, 4.69) is 20.1 Å². The summed E-state index contributed by atoms with van der Waals surface area (Å²) < 4.78 is 5.03. The SMILES string of the molecule is COCCNCc1cnc(N2CCN(C3CC3)CC2)s1. The van der Waals surface area contributed by atoms with E-state index in [4.69, 9.17) is 4.74 Å². The maximum atomic E-state index is 5.03. The highest BCUT2D eigenvalue weighted by Gasteiger charge is 2.31. The second-order valence-electron chi connectivity index (χ2n) is 5.53. The summed E-state index contributed by atoms with van der Waals surface area (Å²) in [5.41, 5.74) is 0. The van der Waals surface area contributed by atoms with Crippen LogP contribution in [0.4, 0.5) is 5.13 Å². The molecule has 2 fully saturated rings. The molecule has 2 heterocycles. The van der Waals surface area contributed by atoms with Crippen molar-refractivity contribution in [3.63, 3.8) is 0 Å². The Hall–Kier alpha value is -0.690. The molecule has 1 aromatic heterocycles. The molecule has 0 radical (unpaired) electrons. The van der Waals surface area contributed by atoms with Crippen molar-refractivity contribution >= 4 is 16.5 Å². The molecular weight excluding hydrogens is 272 g/mol. The van der Waals surface area contributed by atoms with Gasteiger partial charge in [-0.15, -0.1) is 11.3 Å². The van der Waals surface area contributed by atoms with Crippen LogP contribution in [-0.4, -0.2) is 62.4 Å². The molecule has 5 nitrogen and oxygen atoms in total. The molecule has 1 aromatic rings. The number of ether oxygens (including phenoxy) is 1. The fourth-order valence-electron chi connectivity index (χ4n) is 2.63. The highest BCUT2D eigenvalue weighted by molar-refractivity contribution is 7.15. The molecule has 1 aliphatic carbocycles. The fourth-order valence-corrected chi connectivity index (χ4v) is 3.56. The zero-order chi connectivity index (χ0) is 13.8. The number of methoxy groups -OCH3 is 1. The van der Waals surface area contributed by atoms with Gasteiger partial charge in [-0.25, -0.2) is 4.98 Å². The van der Waals surface area contributed by atoms with Crippen molar-refractivity contribution < 1.29 is 4.74 Å². The largest absolute Gasteiger partial charge is 0.383 e. The van der Waals surface area contributed by atoms with Gasteiger partial charge >= 0.3 is 0 Å². The Morgan fingerprint density at radius 2 is 2.15 bits per heavy atom. The molecule has 6 heteroatoms. The van der Waals surface area contributed by atoms with E-state index in [0.29, 0.717) is 0 Å². The van der Waals surface area contributed by atoms with E-state index in [9.17, 15) is 0 Å². The molecule has 0 bridgehead atoms. The van der Waals surface area contributed by atoms with Crippen molar-refractivity contribution in [3.8, 4) is 0 Å². The van der Waals surface area contributed by atoms with E-state index in [0.717, 1.165) is 38.8 Å². The third kappa shape index (κ3) is 3.69. The Morgan fingerprint density at radius 1 is 1.35 bits per heavy atom. The van der Waals surface area contributed by atoms with Gasteiger partial charge < -0.3 is 15.0 Å². The zero-order valence-corrected chi connectivity index (χ0v) is 13.0. The number of rotatable bonds is 7. The summed E-state index contributed by atoms with van der Waals surface area (Å²) in [6, 6.07) is 0.897. The van der Waals surface area contributed by atoms with Crippen LogP contribution in [-0.2, 0) is 11.3 Å². The minimum atomic E-state index is 0.759. The molecule has 1 saturated carbocycles. The van der Waals surface area contributed by atoms with Gasteiger partial charge in [-0.2, -0.15) is 0 Å². The van der Waals surface area contributed by atoms with Crippen molar-refractivity contribution in [1.29, 1.82) is 0 Å². The first kappa shape index (κ1) is 14.3. The van der Waals surface area contributed by atoms with Crippen LogP contribution < -0.4 is 10.2 Å². The number of hydrogen-bond acceptors (Lipinski definition) is 6. The van der Waals surface area contributed by atoms with E-state index in [1.807, 2.05) is 17.5 Å². The lowest BCUT2D eigenvalue weighted by Gasteiger charge is -2.34. The first-order valence-electron chi connectivity index (χ1n) is 7.50. The van der Waals surface area contributed by atoms with Gasteiger partial charge in [0.05, 0.1) is 6.61 Å². The molecular formula is C14H24N4OS. The van der Waals surface area contributed by atoms with Crippen LogP contribution in [0.15, 0.2) is 6.20 Å². The average Bonchev–Trinajstić information content (AvgIpc) is 3.23. The predicted octanol–water partition coefficient (Wildman–Crippen LogP) is 1.16. The van der Waals surface area contributed by atoms with Crippen LogP contribution in [0.25, 0.3) is 0 Å². The predicted molar refractivity (Wildman–Crippen MR) is 82.5 cm³/mol. The van der Waals surface area contributed by atoms with Gasteiger partial charge in [0, 0.05) is 63.5 Å². The van der Waals surface area contributed by atoms with Crippen LogP contribution in [0, 0.1) is 0 Å². The number of piperazine rings is 1. The van der Waals surface area contributed by atoms with Gasteiger partial charge in [-0.1, -0.05) is 0 Å². The smallest absolute Gasteiger partial charge is 0.185 e. The Kier molecular flexibility index (Phi) is 4.88. The second-order valence-corrected chi connectivity index (χ2v) is 6.63. The van der Waals surface area contributed by atoms with Gasteiger partial charge in [-0.05, 0) is 12.8 Å². The number of nitrogens with one attached hydrogen (secondary N) is 1. The molecule has 20 heavy (non-hydrogen) atoms. The normalized spacial score (nSPS) is 20.6. The fraction of sp³-hybridized carbons (Fsp3) is 0.786. The Morgan fingerprint density at radius 3 is 2.85 bits per heavy atom. The van der Waals surface area contributed by atoms with Crippen molar-refractivity contribution in [3.05, 3.63) is 11.1 Å². The standard InChI is InChI=1S/C14H24N4OS/c1-19-9-4-15-10-13-11-16-14(20-13)18-7-5-17(6-8-18)12-2-3-12/h11-12,15H,2-10H2,1H3. The van der Waals surface area contributed by atoms with Crippen molar-refractivity contribution in [2.24, 2.45) is 0 Å². The summed E-state index contributed by atoms with van der Waals surface area (Å²) in [5.74, 6) is 0. The second kappa shape index (κ2) is 6.85. The minimum absolute atomic E-state index is 0.759. The monoisotopic (exact) mass is 296 g/mol. The summed E-state index contributed by atoms with van der Waals surface area (Å²) >= 11 is 1.82. The third-order valence-electron chi connectivity index (χ3n) is 3.97. The molecule has 0 spiro atoms. The van der Waals surface area contributed by atoms with Gasteiger partial charge in [0.2, 0.25) is 0 Å². The number of nitrogens with zero attached hydrogens (tertiary/aromatic N) is 3. The van der Waals surface area contributed by atoms with Gasteiger partial charge in [0.25, 0.3) is 0 Å². The quantitative estimate of drug-likeness (QED) is 0.765. The molecule has 0 amide bonds. The average molecular weight is 296 g/mol. The van der Waals surface area contributed by atoms with Gasteiger partial charge in [0.1, 0.15) is 0 Å². The minimum Gasteiger partial charge on any atom is -0.383 e. The van der Waals surface area contributed by atoms with Gasteiger partial charge in [-0.3, -0.25) is 4.90 Å². The third-order valence-corrected chi connectivity index (χ3v) is 5.03. The summed E-state index contributed by atoms with van der Waals surface area (Å²) in [6.45, 7) is 7.19. The zero-order valence-electron chi connectivity index (χ0n) is 12.2.